The van der Waals surface area contributed by atoms with E-state index < -0.39 is 11.7 Å². The molecular formula is C21H24F3N3O. The van der Waals surface area contributed by atoms with E-state index in [0.717, 1.165) is 18.5 Å². The minimum Gasteiger partial charge on any atom is -0.492 e. The summed E-state index contributed by atoms with van der Waals surface area (Å²) >= 11 is 0. The van der Waals surface area contributed by atoms with Gasteiger partial charge in [-0.3, -0.25) is 0 Å². The molecule has 28 heavy (non-hydrogen) atoms. The third-order valence-corrected chi connectivity index (χ3v) is 5.61. The highest BCUT2D eigenvalue weighted by Crippen LogP contribution is 2.50. The van der Waals surface area contributed by atoms with Crippen molar-refractivity contribution in [2.75, 3.05) is 37.0 Å². The van der Waals surface area contributed by atoms with Crippen molar-refractivity contribution in [3.63, 3.8) is 0 Å². The first-order chi connectivity index (χ1) is 13.4. The van der Waals surface area contributed by atoms with Crippen molar-refractivity contribution in [2.24, 2.45) is 0 Å². The lowest BCUT2D eigenvalue weighted by molar-refractivity contribution is -0.137. The summed E-state index contributed by atoms with van der Waals surface area (Å²) in [6.45, 7) is 3.88. The van der Waals surface area contributed by atoms with Crippen LogP contribution in [0.2, 0.25) is 0 Å². The molecule has 2 N–H and O–H groups in total. The average molecular weight is 391 g/mol. The Kier molecular flexibility index (Phi) is 4.87. The second-order valence-electron chi connectivity index (χ2n) is 7.29. The summed E-state index contributed by atoms with van der Waals surface area (Å²) in [5.41, 5.74) is 1.57. The predicted octanol–water partition coefficient (Wildman–Crippen LogP) is 4.74. The first kappa shape index (κ1) is 18.9. The largest absolute Gasteiger partial charge is 0.492 e. The van der Waals surface area contributed by atoms with Crippen molar-refractivity contribution in [2.45, 2.75) is 31.5 Å². The van der Waals surface area contributed by atoms with Crippen LogP contribution in [0.5, 0.6) is 5.75 Å². The second-order valence-corrected chi connectivity index (χ2v) is 7.29. The molecule has 0 radical (unpaired) electrons. The van der Waals surface area contributed by atoms with Gasteiger partial charge in [0, 0.05) is 31.2 Å². The number of halogens is 3. The smallest absolute Gasteiger partial charge is 0.418 e. The Morgan fingerprint density at radius 1 is 1.25 bits per heavy atom. The zero-order valence-electron chi connectivity index (χ0n) is 15.9. The Balaban J connectivity index is 1.79. The molecule has 2 aromatic rings. The molecule has 0 unspecified atom stereocenters. The number of anilines is 3. The Bertz CT molecular complexity index is 868. The van der Waals surface area contributed by atoms with Crippen LogP contribution in [0.1, 0.15) is 30.4 Å². The Morgan fingerprint density at radius 2 is 2.04 bits per heavy atom. The quantitative estimate of drug-likeness (QED) is 0.789. The molecule has 0 amide bonds. The average Bonchev–Trinajstić information content (AvgIpc) is 2.95. The van der Waals surface area contributed by atoms with Gasteiger partial charge in [0.05, 0.1) is 23.5 Å². The van der Waals surface area contributed by atoms with Crippen LogP contribution >= 0.6 is 0 Å². The summed E-state index contributed by atoms with van der Waals surface area (Å²) in [4.78, 5) is 1.82. The molecule has 0 spiro atoms. The van der Waals surface area contributed by atoms with E-state index in [1.54, 1.807) is 13.1 Å². The molecule has 2 heterocycles. The maximum absolute atomic E-state index is 13.9. The Hall–Kier alpha value is -2.41. The fourth-order valence-electron chi connectivity index (χ4n) is 4.42. The van der Waals surface area contributed by atoms with Crippen LogP contribution in [0.3, 0.4) is 0 Å². The zero-order chi connectivity index (χ0) is 19.9. The van der Waals surface area contributed by atoms with Gasteiger partial charge in [0.25, 0.3) is 0 Å². The number of piperidine rings is 1. The van der Waals surface area contributed by atoms with Gasteiger partial charge in [0.15, 0.2) is 0 Å². The molecule has 4 nitrogen and oxygen atoms in total. The molecule has 0 saturated carbocycles. The number of para-hydroxylation sites is 2. The summed E-state index contributed by atoms with van der Waals surface area (Å²) < 4.78 is 47.4. The number of likely N-dealkylation sites (N-methyl/N-ethyl adjacent to an activating group) is 1. The molecule has 0 bridgehead atoms. The van der Waals surface area contributed by atoms with Crippen LogP contribution in [-0.2, 0) is 6.18 Å². The van der Waals surface area contributed by atoms with Gasteiger partial charge in [-0.1, -0.05) is 12.1 Å². The van der Waals surface area contributed by atoms with Crippen molar-refractivity contribution >= 4 is 17.1 Å². The molecule has 0 aromatic heterocycles. The lowest BCUT2D eigenvalue weighted by Gasteiger charge is -2.31. The Morgan fingerprint density at radius 3 is 2.79 bits per heavy atom. The fourth-order valence-corrected chi connectivity index (χ4v) is 4.42. The summed E-state index contributed by atoms with van der Waals surface area (Å²) in [5, 5.41) is 6.47. The van der Waals surface area contributed by atoms with Gasteiger partial charge >= 0.3 is 6.18 Å². The van der Waals surface area contributed by atoms with Gasteiger partial charge in [-0.15, -0.1) is 0 Å². The van der Waals surface area contributed by atoms with Crippen LogP contribution in [0, 0.1) is 0 Å². The van der Waals surface area contributed by atoms with E-state index in [1.165, 1.54) is 6.07 Å². The lowest BCUT2D eigenvalue weighted by Crippen LogP contribution is -2.42. The maximum Gasteiger partial charge on any atom is 0.418 e. The number of fused-ring (bicyclic) bond motifs is 3. The van der Waals surface area contributed by atoms with Crippen molar-refractivity contribution in [3.8, 4) is 5.75 Å². The van der Waals surface area contributed by atoms with Crippen LogP contribution < -0.4 is 20.3 Å². The molecule has 1 saturated heterocycles. The number of hydrogen-bond donors (Lipinski definition) is 2. The molecule has 4 rings (SSSR count). The van der Waals surface area contributed by atoms with E-state index in [0.29, 0.717) is 36.0 Å². The van der Waals surface area contributed by atoms with E-state index in [-0.39, 0.29) is 12.0 Å². The van der Waals surface area contributed by atoms with Crippen LogP contribution in [0.4, 0.5) is 30.2 Å². The molecule has 150 valence electrons. The molecular weight excluding hydrogens is 367 g/mol. The molecule has 2 aliphatic rings. The van der Waals surface area contributed by atoms with Crippen LogP contribution in [0.15, 0.2) is 36.4 Å². The number of nitrogens with zero attached hydrogens (tertiary/aromatic N) is 1. The van der Waals surface area contributed by atoms with Gasteiger partial charge in [0.2, 0.25) is 0 Å². The molecule has 7 heteroatoms. The van der Waals surface area contributed by atoms with E-state index in [1.807, 2.05) is 36.1 Å². The van der Waals surface area contributed by atoms with Crippen molar-refractivity contribution in [1.82, 2.24) is 5.32 Å². The second kappa shape index (κ2) is 7.20. The number of rotatable bonds is 4. The van der Waals surface area contributed by atoms with Gasteiger partial charge in [-0.2, -0.15) is 13.2 Å². The number of ether oxygens (including phenoxy) is 1. The van der Waals surface area contributed by atoms with E-state index in [2.05, 4.69) is 10.6 Å². The van der Waals surface area contributed by atoms with Gasteiger partial charge < -0.3 is 20.3 Å². The van der Waals surface area contributed by atoms with E-state index in [9.17, 15) is 13.2 Å². The van der Waals surface area contributed by atoms with Gasteiger partial charge in [-0.25, -0.2) is 0 Å². The zero-order valence-corrected chi connectivity index (χ0v) is 15.9. The van der Waals surface area contributed by atoms with Crippen molar-refractivity contribution in [1.29, 1.82) is 0 Å². The molecule has 2 aliphatic heterocycles. The SMILES string of the molecule is CCOc1ccccc1Nc1cc2c(c(C(F)(F)F)c1)N(C)[C@H]1CCNC[C@@H]21. The first-order valence-electron chi connectivity index (χ1n) is 9.57. The minimum atomic E-state index is -4.42. The van der Waals surface area contributed by atoms with Gasteiger partial charge in [-0.05, 0) is 49.7 Å². The van der Waals surface area contributed by atoms with Gasteiger partial charge in [0.1, 0.15) is 5.75 Å². The summed E-state index contributed by atoms with van der Waals surface area (Å²) in [5.74, 6) is 0.673. The van der Waals surface area contributed by atoms with E-state index >= 15 is 0 Å². The predicted molar refractivity (Wildman–Crippen MR) is 105 cm³/mol. The molecule has 1 fully saturated rings. The monoisotopic (exact) mass is 391 g/mol. The fraction of sp³-hybridized carbons (Fsp3) is 0.429. The number of benzene rings is 2. The summed E-state index contributed by atoms with van der Waals surface area (Å²) in [6, 6.07) is 10.5. The highest BCUT2D eigenvalue weighted by molar-refractivity contribution is 5.75. The minimum absolute atomic E-state index is 0.0544. The number of nitrogens with one attached hydrogen (secondary N) is 2. The lowest BCUT2D eigenvalue weighted by atomic mass is 9.89. The van der Waals surface area contributed by atoms with Crippen LogP contribution in [-0.4, -0.2) is 32.8 Å². The third-order valence-electron chi connectivity index (χ3n) is 5.61. The summed E-state index contributed by atoms with van der Waals surface area (Å²) in [7, 11) is 1.78. The van der Waals surface area contributed by atoms with Crippen LogP contribution in [0.25, 0.3) is 0 Å². The number of alkyl halides is 3. The van der Waals surface area contributed by atoms with Crippen molar-refractivity contribution < 1.29 is 17.9 Å². The molecule has 2 atom stereocenters. The molecule has 0 aliphatic carbocycles. The molecule has 2 aromatic carbocycles. The topological polar surface area (TPSA) is 36.5 Å². The van der Waals surface area contributed by atoms with E-state index in [4.69, 9.17) is 4.74 Å². The normalized spacial score (nSPS) is 21.2. The standard InChI is InChI=1S/C21H24F3N3O/c1-3-28-19-7-5-4-6-17(19)26-13-10-14-15-12-25-9-8-18(15)27(2)20(14)16(11-13)21(22,23)24/h4-7,10-11,15,18,25-26H,3,8-9,12H2,1-2H3/t15-,18-/m0/s1. The third kappa shape index (κ3) is 3.28. The number of hydrogen-bond acceptors (Lipinski definition) is 4. The highest BCUT2D eigenvalue weighted by Gasteiger charge is 2.45. The maximum atomic E-state index is 13.9. The van der Waals surface area contributed by atoms with Crippen molar-refractivity contribution in [3.05, 3.63) is 47.5 Å². The Labute approximate surface area is 162 Å². The first-order valence-corrected chi connectivity index (χ1v) is 9.57. The summed E-state index contributed by atoms with van der Waals surface area (Å²) in [6.07, 6.45) is -3.58. The highest BCUT2D eigenvalue weighted by atomic mass is 19.4.